The molecule has 5 saturated carbocycles. The number of rotatable bonds is 60. The first-order valence-corrected chi connectivity index (χ1v) is 89.6. The lowest BCUT2D eigenvalue weighted by atomic mass is 9.88. The monoisotopic (exact) mass is 2370 g/mol. The maximum Gasteiger partial charge on any atom is 0.373 e. The minimum absolute atomic E-state index is 0.231. The first-order chi connectivity index (χ1) is 70.1. The van der Waals surface area contributed by atoms with E-state index in [4.69, 9.17) is 146 Å². The second-order valence-corrected chi connectivity index (χ2v) is 103. The van der Waals surface area contributed by atoms with Crippen molar-refractivity contribution in [2.24, 2.45) is 35.5 Å². The molecule has 866 valence electrons. The average Bonchev–Trinajstić information content (AvgIpc) is 1.61. The smallest absolute Gasteiger partial charge is 0.373 e. The summed E-state index contributed by atoms with van der Waals surface area (Å²) < 4.78 is 189. The largest absolute Gasteiger partial charge is 0.398 e. The minimum Gasteiger partial charge on any atom is -0.398 e. The summed E-state index contributed by atoms with van der Waals surface area (Å²) in [6, 6.07) is 11.8. The van der Waals surface area contributed by atoms with Crippen molar-refractivity contribution in [2.75, 3.05) is 228 Å². The highest BCUT2D eigenvalue weighted by atomic mass is 28.5. The zero-order valence-electron chi connectivity index (χ0n) is 99.8. The van der Waals surface area contributed by atoms with Crippen LogP contribution in [0.3, 0.4) is 0 Å². The fraction of sp³-hybridized carbons (Fsp3) is 0.818. The van der Waals surface area contributed by atoms with Crippen molar-refractivity contribution >= 4 is 142 Å². The fourth-order valence-corrected chi connectivity index (χ4v) is 91.7. The molecule has 0 amide bonds. The summed E-state index contributed by atoms with van der Waals surface area (Å²) in [4.78, 5) is 0. The van der Waals surface area contributed by atoms with E-state index in [-0.39, 0.29) is 5.54 Å². The molecule has 33 nitrogen and oxygen atoms in total. The van der Waals surface area contributed by atoms with E-state index in [0.717, 1.165) is 93.5 Å². The van der Waals surface area contributed by atoms with Crippen LogP contribution >= 0.6 is 0 Å². The van der Waals surface area contributed by atoms with Gasteiger partial charge in [0.2, 0.25) is 0 Å². The lowest BCUT2D eigenvalue weighted by Gasteiger charge is -2.40. The molecule has 8 aliphatic carbocycles. The highest BCUT2D eigenvalue weighted by Gasteiger charge is 2.62. The number of ether oxygens (including phenoxy) is 1. The number of fused-ring (bicyclic) bond motifs is 5. The molecule has 0 N–H and O–H groups in total. The molecule has 9 aliphatic rings. The Morgan fingerprint density at radius 1 is 0.331 bits per heavy atom. The van der Waals surface area contributed by atoms with Crippen LogP contribution in [-0.4, -0.2) is 377 Å². The van der Waals surface area contributed by atoms with E-state index in [1.807, 2.05) is 82.4 Å². The lowest BCUT2D eigenvalue weighted by Crippen LogP contribution is -2.59. The fourth-order valence-electron chi connectivity index (χ4n) is 22.1. The third-order valence-corrected chi connectivity index (χ3v) is 107. The van der Waals surface area contributed by atoms with E-state index in [9.17, 15) is 0 Å². The Morgan fingerprint density at radius 3 is 1.06 bits per heavy atom. The van der Waals surface area contributed by atoms with Gasteiger partial charge in [0, 0.05) is 301 Å². The molecule has 9 unspecified atom stereocenters. The van der Waals surface area contributed by atoms with Crippen LogP contribution in [0.15, 0.2) is 102 Å². The van der Waals surface area contributed by atoms with Crippen LogP contribution in [0.5, 0.6) is 0 Å². The molecular weight excluding hydrogens is 2170 g/mol. The number of epoxide rings is 1. The van der Waals surface area contributed by atoms with Gasteiger partial charge >= 0.3 is 137 Å². The van der Waals surface area contributed by atoms with Gasteiger partial charge in [-0.15, -0.1) is 6.58 Å². The van der Waals surface area contributed by atoms with Crippen molar-refractivity contribution in [3.8, 4) is 0 Å². The maximum absolute atomic E-state index is 6.01. The van der Waals surface area contributed by atoms with Crippen molar-refractivity contribution in [1.29, 1.82) is 0 Å². The predicted molar refractivity (Wildman–Crippen MR) is 626 cm³/mol. The lowest BCUT2D eigenvalue weighted by molar-refractivity contribution is 0.202. The standard InChI is InChI=1S/C15H30O4Si2.C14H30O5Si2.C13H28O4Si2.C13H26O4Si2.C12H28O4Si2.C12H22O4Si2.C11H22O4Si2.C9H22O4Si2/c1-13(2)14-8-10-15(11-9-14)21(18-5,19-6)12-20(7,16-3)17-4;1-15-20(5,16-2)11-21(17-3,18-4)9-8-12-6-7-13-14(10-12)19-13;2*1-14-18(5,15-2)10-19(16-3,17-4)13-9-11-6-7-12(13)8-11;2*1-13-17(5,14-2)11-18(15-3,16-4)12-9-7-6-8-10-12;1-12-16(5,13-2)10-17(14-3,15-4)11-8-6-7-9-11;1-7-8-15(12-4,13-5)9-14(6,10-2)11-3/h8,10,13H,9,11-12H2,1-7H3;12-14H,6-11H2,1-5H3;11-13H,6-10H2,1-5H3;6-7,11-13H,8-10H2,1-5H3;12H,6-11H2,1-5H3;6-10H,11H2,1-5H3;6-9,11H,10H2,1-5H3;7H,1,8-9H2,2-6H3. The molecule has 1 aliphatic heterocycles. The van der Waals surface area contributed by atoms with E-state index in [1.165, 1.54) is 107 Å². The van der Waals surface area contributed by atoms with Gasteiger partial charge in [0.05, 0.1) is 12.2 Å². The first-order valence-electron chi connectivity index (χ1n) is 52.5. The van der Waals surface area contributed by atoms with Crippen LogP contribution in [-0.2, 0) is 146 Å². The average molecular weight is 2380 g/mol. The van der Waals surface area contributed by atoms with Gasteiger partial charge in [-0.25, -0.2) is 0 Å². The summed E-state index contributed by atoms with van der Waals surface area (Å²) in [5, 5.41) is 2.40. The molecule has 10 rings (SSSR count). The number of allylic oxidation sites excluding steroid dienone is 11. The third kappa shape index (κ3) is 40.2. The topological polar surface area (TPSA) is 308 Å². The van der Waals surface area contributed by atoms with Crippen LogP contribution in [0, 0.1) is 35.5 Å². The summed E-state index contributed by atoms with van der Waals surface area (Å²) in [5.74, 6) is 4.42. The summed E-state index contributed by atoms with van der Waals surface area (Å²) in [6.45, 7) is 24.7. The number of hydrogen-bond donors (Lipinski definition) is 0. The van der Waals surface area contributed by atoms with Crippen molar-refractivity contribution in [3.05, 3.63) is 102 Å². The molecule has 1 aromatic rings. The van der Waals surface area contributed by atoms with Gasteiger partial charge in [0.1, 0.15) is 0 Å². The zero-order valence-corrected chi connectivity index (χ0v) is 116. The summed E-state index contributed by atoms with van der Waals surface area (Å²) in [6.07, 6.45) is 41.7. The van der Waals surface area contributed by atoms with Gasteiger partial charge in [-0.05, 0) is 181 Å². The predicted octanol–water partition coefficient (Wildman–Crippen LogP) is 19.9. The second kappa shape index (κ2) is 67.6. The van der Waals surface area contributed by atoms with Gasteiger partial charge in [-0.2, -0.15) is 0 Å². The van der Waals surface area contributed by atoms with Gasteiger partial charge in [0.15, 0.2) is 0 Å². The van der Waals surface area contributed by atoms with Gasteiger partial charge < -0.3 is 146 Å². The SMILES string of the molecule is C=CC[Si](C[Si](C)(OC)OC)(OC)OC.CO[Si](C)(C[Si](CCC1CCC2OC2C1)(OC)OC)OC.CO[Si](C)(C[Si](OC)(OC)C1=CC=C(C(C)C)CC1)OC.CO[Si](C)(C[Si](OC)(OC)C1C=CC=C1)OC.CO[Si](C)(C[Si](OC)(OC)C1CC2C=CC1C2)OC.CO[Si](C)(C[Si](OC)(OC)C1CC2CCC1C2)OC.CO[Si](C)(C[Si](OC)(OC)C1CCCCC1)OC.CO[Si](C)(C[Si](OC)(OC)c1ccccc1)OC. The molecule has 0 aromatic heterocycles. The van der Waals surface area contributed by atoms with Crippen LogP contribution in [0.4, 0.5) is 0 Å². The van der Waals surface area contributed by atoms with Gasteiger partial charge in [-0.3, -0.25) is 0 Å². The Bertz CT molecular complexity index is 3890. The van der Waals surface area contributed by atoms with Crippen molar-refractivity contribution in [2.45, 2.75) is 267 Å². The van der Waals surface area contributed by atoms with E-state index >= 15 is 0 Å². The third-order valence-electron chi connectivity index (χ3n) is 33.8. The zero-order chi connectivity index (χ0) is 112. The molecule has 1 heterocycles. The number of benzene rings is 1. The van der Waals surface area contributed by atoms with Crippen LogP contribution in [0.1, 0.15) is 123 Å². The summed E-state index contributed by atoms with van der Waals surface area (Å²) in [7, 11) is 19.5. The van der Waals surface area contributed by atoms with E-state index in [2.05, 4.69) is 89.6 Å². The molecule has 0 spiro atoms. The Balaban J connectivity index is 0.000000435. The number of hydrogen-bond acceptors (Lipinski definition) is 33. The highest BCUT2D eigenvalue weighted by Crippen LogP contribution is 2.58. The molecule has 6 fully saturated rings. The molecule has 1 saturated heterocycles. The molecule has 0 radical (unpaired) electrons. The molecule has 49 heteroatoms. The highest BCUT2D eigenvalue weighted by molar-refractivity contribution is 6.93. The first kappa shape index (κ1) is 142. The Kier molecular flexibility index (Phi) is 64.9. The molecule has 9 atom stereocenters. The van der Waals surface area contributed by atoms with Crippen molar-refractivity contribution in [1.82, 2.24) is 0 Å². The van der Waals surface area contributed by atoms with Crippen molar-refractivity contribution in [3.63, 3.8) is 0 Å². The van der Waals surface area contributed by atoms with Crippen molar-refractivity contribution < 1.29 is 146 Å². The van der Waals surface area contributed by atoms with E-state index in [1.54, 1.807) is 213 Å². The van der Waals surface area contributed by atoms with E-state index in [0.29, 0.717) is 46.3 Å². The quantitative estimate of drug-likeness (QED) is 0.0332. The molecule has 148 heavy (non-hydrogen) atoms. The Hall–Kier alpha value is -0.190. The minimum atomic E-state index is -2.49. The van der Waals surface area contributed by atoms with Gasteiger partial charge in [0.25, 0.3) is 0 Å². The van der Waals surface area contributed by atoms with Crippen LogP contribution in [0.2, 0.25) is 132 Å². The van der Waals surface area contributed by atoms with E-state index < -0.39 is 137 Å². The Labute approximate surface area is 914 Å². The molecular formula is C99H208O33Si16. The molecule has 4 bridgehead atoms. The normalized spacial score (nSPS) is 21.6. The second-order valence-electron chi connectivity index (χ2n) is 41.8. The van der Waals surface area contributed by atoms with Crippen LogP contribution < -0.4 is 5.19 Å². The molecule has 1 aromatic carbocycles. The summed E-state index contributed by atoms with van der Waals surface area (Å²) in [5.41, 5.74) is 9.77. The van der Waals surface area contributed by atoms with Crippen LogP contribution in [0.25, 0.3) is 0 Å². The maximum atomic E-state index is 6.01. The Morgan fingerprint density at radius 2 is 0.723 bits per heavy atom. The van der Waals surface area contributed by atoms with Gasteiger partial charge in [-0.1, -0.05) is 137 Å². The summed E-state index contributed by atoms with van der Waals surface area (Å²) >= 11 is 0.